The molecule has 0 aliphatic carbocycles. The maximum absolute atomic E-state index is 2.46. The van der Waals surface area contributed by atoms with E-state index in [1.165, 1.54) is 33.2 Å². The Bertz CT molecular complexity index is 1050. The van der Waals surface area contributed by atoms with E-state index >= 15 is 0 Å². The number of fused-ring (bicyclic) bond motifs is 3. The lowest BCUT2D eigenvalue weighted by Gasteiger charge is -2.38. The summed E-state index contributed by atoms with van der Waals surface area (Å²) in [5, 5.41) is 2.65. The molecule has 2 heteroatoms. The minimum absolute atomic E-state index is 0.0370. The van der Waals surface area contributed by atoms with E-state index in [1.807, 2.05) is 0 Å². The summed E-state index contributed by atoms with van der Waals surface area (Å²) in [6.07, 6.45) is 0. The van der Waals surface area contributed by atoms with Gasteiger partial charge in [0.15, 0.2) is 0 Å². The van der Waals surface area contributed by atoms with Gasteiger partial charge in [0.2, 0.25) is 0 Å². The van der Waals surface area contributed by atoms with E-state index in [9.17, 15) is 0 Å². The summed E-state index contributed by atoms with van der Waals surface area (Å²) in [5.74, 6) is 0. The molecule has 1 heterocycles. The van der Waals surface area contributed by atoms with Gasteiger partial charge in [-0.1, -0.05) is 48.5 Å². The molecule has 4 aromatic rings. The van der Waals surface area contributed by atoms with Crippen molar-refractivity contribution in [1.29, 1.82) is 0 Å². The Morgan fingerprint density at radius 2 is 1.42 bits per heavy atom. The number of hydrogen-bond acceptors (Lipinski definition) is 1. The smallest absolute Gasteiger partial charge is 0.0732 e. The van der Waals surface area contributed by atoms with Gasteiger partial charge < -0.3 is 9.47 Å². The average molecular weight is 342 g/mol. The van der Waals surface area contributed by atoms with Crippen LogP contribution in [0.1, 0.15) is 27.7 Å². The molecule has 2 nitrogen and oxygen atoms in total. The van der Waals surface area contributed by atoms with Crippen LogP contribution < -0.4 is 4.90 Å². The number of hydrogen-bond donors (Lipinski definition) is 0. The number of anilines is 2. The van der Waals surface area contributed by atoms with Crippen molar-refractivity contribution in [3.05, 3.63) is 72.8 Å². The normalized spacial score (nSPS) is 12.0. The number of nitrogens with zero attached hydrogens (tertiary/aromatic N) is 2. The van der Waals surface area contributed by atoms with Gasteiger partial charge in [0.05, 0.1) is 11.2 Å². The predicted octanol–water partition coefficient (Wildman–Crippen LogP) is 6.75. The van der Waals surface area contributed by atoms with Gasteiger partial charge in [-0.25, -0.2) is 0 Å². The molecule has 132 valence electrons. The van der Waals surface area contributed by atoms with Crippen LogP contribution in [0.25, 0.3) is 21.8 Å². The maximum Gasteiger partial charge on any atom is 0.0732 e. The molecule has 0 aliphatic rings. The Morgan fingerprint density at radius 3 is 2.12 bits per heavy atom. The van der Waals surface area contributed by atoms with E-state index in [0.717, 1.165) is 6.54 Å². The monoisotopic (exact) mass is 342 g/mol. The largest absolute Gasteiger partial charge is 0.339 e. The van der Waals surface area contributed by atoms with E-state index < -0.39 is 0 Å². The summed E-state index contributed by atoms with van der Waals surface area (Å²) in [6.45, 7) is 10.0. The van der Waals surface area contributed by atoms with Crippen LogP contribution in [-0.4, -0.2) is 10.1 Å². The first-order chi connectivity index (χ1) is 12.5. The molecule has 0 saturated carbocycles. The Morgan fingerprint density at radius 1 is 0.769 bits per heavy atom. The van der Waals surface area contributed by atoms with Crippen molar-refractivity contribution in [3.63, 3.8) is 0 Å². The summed E-state index contributed by atoms with van der Waals surface area (Å²) in [4.78, 5) is 2.46. The van der Waals surface area contributed by atoms with E-state index in [-0.39, 0.29) is 5.54 Å². The predicted molar refractivity (Wildman–Crippen MR) is 113 cm³/mol. The summed E-state index contributed by atoms with van der Waals surface area (Å²) >= 11 is 0. The quantitative estimate of drug-likeness (QED) is 0.400. The van der Waals surface area contributed by atoms with Crippen LogP contribution in [0, 0.1) is 0 Å². The van der Waals surface area contributed by atoms with Gasteiger partial charge in [0, 0.05) is 34.1 Å². The number of para-hydroxylation sites is 3. The second-order valence-electron chi connectivity index (χ2n) is 7.78. The standard InChI is InChI=1S/C24H26N2/c1-5-25-21-16-10-9-14-19(21)20-15-11-17-22(23(20)25)26(24(2,3)4)18-12-7-6-8-13-18/h6-17H,5H2,1-4H3. The van der Waals surface area contributed by atoms with Crippen LogP contribution in [0.15, 0.2) is 72.8 Å². The van der Waals surface area contributed by atoms with E-state index in [4.69, 9.17) is 0 Å². The highest BCUT2D eigenvalue weighted by Crippen LogP contribution is 2.41. The molecule has 0 atom stereocenters. The molecule has 0 N–H and O–H groups in total. The molecule has 0 aliphatic heterocycles. The van der Waals surface area contributed by atoms with Crippen molar-refractivity contribution < 1.29 is 0 Å². The van der Waals surface area contributed by atoms with Crippen LogP contribution in [0.2, 0.25) is 0 Å². The zero-order valence-corrected chi connectivity index (χ0v) is 16.0. The molecular weight excluding hydrogens is 316 g/mol. The molecule has 0 bridgehead atoms. The first-order valence-corrected chi connectivity index (χ1v) is 9.37. The highest BCUT2D eigenvalue weighted by molar-refractivity contribution is 6.12. The second kappa shape index (κ2) is 6.21. The van der Waals surface area contributed by atoms with E-state index in [0.29, 0.717) is 0 Å². The topological polar surface area (TPSA) is 8.17 Å². The van der Waals surface area contributed by atoms with Crippen molar-refractivity contribution in [1.82, 2.24) is 4.57 Å². The third kappa shape index (κ3) is 2.57. The van der Waals surface area contributed by atoms with Gasteiger partial charge in [-0.15, -0.1) is 0 Å². The van der Waals surface area contributed by atoms with Crippen LogP contribution in [0.5, 0.6) is 0 Å². The van der Waals surface area contributed by atoms with Gasteiger partial charge in [-0.05, 0) is 52.0 Å². The SMILES string of the molecule is CCn1c2ccccc2c2cccc(N(c3ccccc3)C(C)(C)C)c21. The van der Waals surface area contributed by atoms with Crippen molar-refractivity contribution >= 4 is 33.2 Å². The molecule has 1 aromatic heterocycles. The number of rotatable bonds is 3. The minimum Gasteiger partial charge on any atom is -0.339 e. The molecule has 0 saturated heterocycles. The Labute approximate surface area is 155 Å². The maximum atomic E-state index is 2.46. The second-order valence-corrected chi connectivity index (χ2v) is 7.78. The Kier molecular flexibility index (Phi) is 3.99. The molecular formula is C24H26N2. The Hall–Kier alpha value is -2.74. The first kappa shape index (κ1) is 16.7. The van der Waals surface area contributed by atoms with Gasteiger partial charge in [0.25, 0.3) is 0 Å². The van der Waals surface area contributed by atoms with E-state index in [1.54, 1.807) is 0 Å². The molecule has 0 fully saturated rings. The summed E-state index contributed by atoms with van der Waals surface area (Å²) < 4.78 is 2.45. The zero-order chi connectivity index (χ0) is 18.3. The molecule has 0 radical (unpaired) electrons. The fourth-order valence-electron chi connectivity index (χ4n) is 4.06. The lowest BCUT2D eigenvalue weighted by molar-refractivity contribution is 0.560. The van der Waals surface area contributed by atoms with Crippen LogP contribution in [0.4, 0.5) is 11.4 Å². The van der Waals surface area contributed by atoms with Gasteiger partial charge in [-0.2, -0.15) is 0 Å². The summed E-state index contributed by atoms with van der Waals surface area (Å²) in [7, 11) is 0. The van der Waals surface area contributed by atoms with Gasteiger partial charge in [0.1, 0.15) is 0 Å². The number of aromatic nitrogens is 1. The molecule has 0 unspecified atom stereocenters. The Balaban J connectivity index is 2.10. The third-order valence-corrected chi connectivity index (χ3v) is 5.01. The zero-order valence-electron chi connectivity index (χ0n) is 16.0. The van der Waals surface area contributed by atoms with E-state index in [2.05, 4.69) is 110 Å². The van der Waals surface area contributed by atoms with Crippen LogP contribution in [-0.2, 0) is 6.54 Å². The van der Waals surface area contributed by atoms with Gasteiger partial charge in [-0.3, -0.25) is 0 Å². The lowest BCUT2D eigenvalue weighted by Crippen LogP contribution is -2.37. The molecule has 0 spiro atoms. The minimum atomic E-state index is -0.0370. The number of benzene rings is 3. The average Bonchev–Trinajstić information content (AvgIpc) is 2.96. The molecule has 0 amide bonds. The highest BCUT2D eigenvalue weighted by Gasteiger charge is 2.26. The van der Waals surface area contributed by atoms with Crippen molar-refractivity contribution in [2.45, 2.75) is 39.8 Å². The molecule has 26 heavy (non-hydrogen) atoms. The lowest BCUT2D eigenvalue weighted by atomic mass is 10.0. The first-order valence-electron chi connectivity index (χ1n) is 9.37. The fourth-order valence-corrected chi connectivity index (χ4v) is 4.06. The van der Waals surface area contributed by atoms with Crippen molar-refractivity contribution in [3.8, 4) is 0 Å². The number of aryl methyl sites for hydroxylation is 1. The molecule has 4 rings (SSSR count). The third-order valence-electron chi connectivity index (χ3n) is 5.01. The molecule has 3 aromatic carbocycles. The van der Waals surface area contributed by atoms with Gasteiger partial charge >= 0.3 is 0 Å². The summed E-state index contributed by atoms with van der Waals surface area (Å²) in [5.41, 5.74) is 5.07. The van der Waals surface area contributed by atoms with Crippen LogP contribution in [0.3, 0.4) is 0 Å². The van der Waals surface area contributed by atoms with Crippen molar-refractivity contribution in [2.24, 2.45) is 0 Å². The van der Waals surface area contributed by atoms with Crippen molar-refractivity contribution in [2.75, 3.05) is 4.90 Å². The fraction of sp³-hybridized carbons (Fsp3) is 0.250. The highest BCUT2D eigenvalue weighted by atomic mass is 15.2. The summed E-state index contributed by atoms with van der Waals surface area (Å²) in [6, 6.07) is 26.1. The van der Waals surface area contributed by atoms with Crippen LogP contribution >= 0.6 is 0 Å².